The van der Waals surface area contributed by atoms with Gasteiger partial charge in [0.05, 0.1) is 5.92 Å². The van der Waals surface area contributed by atoms with Crippen LogP contribution in [0.25, 0.3) is 0 Å². The first-order chi connectivity index (χ1) is 12.0. The zero-order chi connectivity index (χ0) is 17.8. The number of hydrogen-bond acceptors (Lipinski definition) is 2. The summed E-state index contributed by atoms with van der Waals surface area (Å²) in [5.41, 5.74) is 2.85. The van der Waals surface area contributed by atoms with E-state index < -0.39 is 6.09 Å². The molecule has 3 rings (SSSR count). The summed E-state index contributed by atoms with van der Waals surface area (Å²) in [5.74, 6) is -0.0409. The normalized spacial score (nSPS) is 18.0. The third kappa shape index (κ3) is 3.99. The zero-order valence-corrected chi connectivity index (χ0v) is 14.2. The summed E-state index contributed by atoms with van der Waals surface area (Å²) in [6.07, 6.45) is -0.0236. The van der Waals surface area contributed by atoms with Crippen molar-refractivity contribution in [3.05, 3.63) is 65.7 Å². The van der Waals surface area contributed by atoms with Crippen LogP contribution in [0.5, 0.6) is 0 Å². The highest BCUT2D eigenvalue weighted by molar-refractivity contribution is 5.95. The fraction of sp³-hybridized carbons (Fsp3) is 0.300. The summed E-state index contributed by atoms with van der Waals surface area (Å²) in [6.45, 7) is 3.00. The van der Waals surface area contributed by atoms with Crippen LogP contribution >= 0.6 is 0 Å². The molecule has 2 aromatic rings. The molecule has 2 aromatic carbocycles. The van der Waals surface area contributed by atoms with Crippen molar-refractivity contribution in [1.82, 2.24) is 4.90 Å². The molecular weight excluding hydrogens is 316 g/mol. The predicted molar refractivity (Wildman–Crippen MR) is 96.9 cm³/mol. The fourth-order valence-corrected chi connectivity index (χ4v) is 3.19. The lowest BCUT2D eigenvalue weighted by molar-refractivity contribution is -0.117. The van der Waals surface area contributed by atoms with Crippen LogP contribution < -0.4 is 5.32 Å². The van der Waals surface area contributed by atoms with E-state index in [2.05, 4.69) is 5.32 Å². The van der Waals surface area contributed by atoms with Crippen LogP contribution in [-0.4, -0.2) is 35.1 Å². The standard InChI is InChI=1S/C20H22N2O3/c1-14(15-5-3-2-4-6-15)19(23)21-18-9-7-16(8-10-18)17-11-12-22(13-17)20(24)25/h2-10,14,17H,11-13H2,1H3,(H,21,23)(H,24,25)/t14-,17+/m1/s1. The average Bonchev–Trinajstić information content (AvgIpc) is 3.13. The second-order valence-corrected chi connectivity index (χ2v) is 6.46. The highest BCUT2D eigenvalue weighted by Crippen LogP contribution is 2.28. The summed E-state index contributed by atoms with van der Waals surface area (Å²) in [6, 6.07) is 17.4. The molecule has 0 spiro atoms. The number of carbonyl (C=O) groups excluding carboxylic acids is 1. The van der Waals surface area contributed by atoms with Gasteiger partial charge in [0, 0.05) is 24.7 Å². The second-order valence-electron chi connectivity index (χ2n) is 6.46. The van der Waals surface area contributed by atoms with E-state index in [1.807, 2.05) is 61.5 Å². The van der Waals surface area contributed by atoms with Gasteiger partial charge in [0.15, 0.2) is 0 Å². The highest BCUT2D eigenvalue weighted by Gasteiger charge is 2.26. The van der Waals surface area contributed by atoms with Crippen molar-refractivity contribution in [3.8, 4) is 0 Å². The monoisotopic (exact) mass is 338 g/mol. The van der Waals surface area contributed by atoms with Gasteiger partial charge in [-0.25, -0.2) is 4.79 Å². The molecule has 5 nitrogen and oxygen atoms in total. The van der Waals surface area contributed by atoms with Gasteiger partial charge in [0.1, 0.15) is 0 Å². The van der Waals surface area contributed by atoms with Crippen LogP contribution in [0.3, 0.4) is 0 Å². The molecule has 0 aromatic heterocycles. The van der Waals surface area contributed by atoms with E-state index >= 15 is 0 Å². The Kier molecular flexibility index (Phi) is 5.03. The molecule has 25 heavy (non-hydrogen) atoms. The summed E-state index contributed by atoms with van der Waals surface area (Å²) in [7, 11) is 0. The van der Waals surface area contributed by atoms with E-state index in [1.165, 1.54) is 4.90 Å². The Balaban J connectivity index is 1.61. The van der Waals surface area contributed by atoms with Crippen molar-refractivity contribution >= 4 is 17.7 Å². The molecule has 2 amide bonds. The summed E-state index contributed by atoms with van der Waals surface area (Å²) in [4.78, 5) is 24.8. The lowest BCUT2D eigenvalue weighted by Gasteiger charge is -2.15. The van der Waals surface area contributed by atoms with Gasteiger partial charge in [-0.05, 0) is 36.6 Å². The topological polar surface area (TPSA) is 69.6 Å². The number of rotatable bonds is 4. The number of benzene rings is 2. The predicted octanol–water partition coefficient (Wildman–Crippen LogP) is 3.90. The van der Waals surface area contributed by atoms with E-state index in [4.69, 9.17) is 5.11 Å². The highest BCUT2D eigenvalue weighted by atomic mass is 16.4. The minimum Gasteiger partial charge on any atom is -0.465 e. The van der Waals surface area contributed by atoms with Gasteiger partial charge in [-0.2, -0.15) is 0 Å². The number of carbonyl (C=O) groups is 2. The lowest BCUT2D eigenvalue weighted by Crippen LogP contribution is -2.26. The third-order valence-electron chi connectivity index (χ3n) is 4.80. The average molecular weight is 338 g/mol. The molecule has 2 N–H and O–H groups in total. The van der Waals surface area contributed by atoms with Crippen LogP contribution in [0.4, 0.5) is 10.5 Å². The number of nitrogens with one attached hydrogen (secondary N) is 1. The van der Waals surface area contributed by atoms with E-state index in [-0.39, 0.29) is 17.7 Å². The Morgan fingerprint density at radius 2 is 1.80 bits per heavy atom. The van der Waals surface area contributed by atoms with Gasteiger partial charge >= 0.3 is 6.09 Å². The van der Waals surface area contributed by atoms with Gasteiger partial charge in [0.25, 0.3) is 0 Å². The molecule has 1 heterocycles. The number of nitrogens with zero attached hydrogens (tertiary/aromatic N) is 1. The first-order valence-electron chi connectivity index (χ1n) is 8.48. The Hall–Kier alpha value is -2.82. The minimum absolute atomic E-state index is 0.0446. The molecular formula is C20H22N2O3. The van der Waals surface area contributed by atoms with E-state index in [0.717, 1.165) is 23.2 Å². The minimum atomic E-state index is -0.860. The van der Waals surface area contributed by atoms with Crippen LogP contribution in [0, 0.1) is 0 Å². The Morgan fingerprint density at radius 3 is 2.40 bits per heavy atom. The van der Waals surface area contributed by atoms with E-state index in [9.17, 15) is 9.59 Å². The molecule has 0 bridgehead atoms. The number of carboxylic acid groups (broad SMARTS) is 1. The first kappa shape index (κ1) is 17.0. The summed E-state index contributed by atoms with van der Waals surface area (Å²) < 4.78 is 0. The van der Waals surface area contributed by atoms with Gasteiger partial charge in [0.2, 0.25) is 5.91 Å². The van der Waals surface area contributed by atoms with Gasteiger partial charge in [-0.15, -0.1) is 0 Å². The molecule has 1 aliphatic rings. The van der Waals surface area contributed by atoms with Gasteiger partial charge in [-0.1, -0.05) is 42.5 Å². The van der Waals surface area contributed by atoms with Crippen molar-refractivity contribution in [3.63, 3.8) is 0 Å². The van der Waals surface area contributed by atoms with Crippen LogP contribution in [0.1, 0.15) is 36.3 Å². The zero-order valence-electron chi connectivity index (χ0n) is 14.2. The third-order valence-corrected chi connectivity index (χ3v) is 4.80. The SMILES string of the molecule is C[C@@H](C(=O)Nc1ccc([C@H]2CCN(C(=O)O)C2)cc1)c1ccccc1. The van der Waals surface area contributed by atoms with E-state index in [1.54, 1.807) is 0 Å². The quantitative estimate of drug-likeness (QED) is 0.888. The maximum absolute atomic E-state index is 12.4. The summed E-state index contributed by atoms with van der Waals surface area (Å²) in [5, 5.41) is 12.0. The van der Waals surface area contributed by atoms with Crippen LogP contribution in [-0.2, 0) is 4.79 Å². The summed E-state index contributed by atoms with van der Waals surface area (Å²) >= 11 is 0. The Labute approximate surface area is 147 Å². The molecule has 1 aliphatic heterocycles. The molecule has 5 heteroatoms. The van der Waals surface area contributed by atoms with Crippen LogP contribution in [0.15, 0.2) is 54.6 Å². The Bertz CT molecular complexity index is 743. The van der Waals surface area contributed by atoms with Gasteiger partial charge < -0.3 is 15.3 Å². The number of anilines is 1. The van der Waals surface area contributed by atoms with Crippen LogP contribution in [0.2, 0.25) is 0 Å². The molecule has 1 fully saturated rings. The molecule has 0 radical (unpaired) electrons. The van der Waals surface area contributed by atoms with Crippen molar-refractivity contribution in [2.24, 2.45) is 0 Å². The van der Waals surface area contributed by atoms with Crippen molar-refractivity contribution in [1.29, 1.82) is 0 Å². The number of likely N-dealkylation sites (tertiary alicyclic amines) is 1. The lowest BCUT2D eigenvalue weighted by atomic mass is 9.98. The maximum Gasteiger partial charge on any atom is 0.407 e. The maximum atomic E-state index is 12.4. The molecule has 1 saturated heterocycles. The molecule has 0 unspecified atom stereocenters. The fourth-order valence-electron chi connectivity index (χ4n) is 3.19. The van der Waals surface area contributed by atoms with Crippen molar-refractivity contribution < 1.29 is 14.7 Å². The molecule has 2 atom stereocenters. The van der Waals surface area contributed by atoms with Gasteiger partial charge in [-0.3, -0.25) is 4.79 Å². The smallest absolute Gasteiger partial charge is 0.407 e. The molecule has 0 saturated carbocycles. The number of hydrogen-bond donors (Lipinski definition) is 2. The van der Waals surface area contributed by atoms with E-state index in [0.29, 0.717) is 13.1 Å². The Morgan fingerprint density at radius 1 is 1.12 bits per heavy atom. The largest absolute Gasteiger partial charge is 0.465 e. The van der Waals surface area contributed by atoms with Crippen molar-refractivity contribution in [2.45, 2.75) is 25.2 Å². The second kappa shape index (κ2) is 7.38. The van der Waals surface area contributed by atoms with Crippen molar-refractivity contribution in [2.75, 3.05) is 18.4 Å². The first-order valence-corrected chi connectivity index (χ1v) is 8.48. The number of amides is 2. The molecule has 0 aliphatic carbocycles. The molecule has 130 valence electrons.